The Morgan fingerprint density at radius 1 is 1.15 bits per heavy atom. The second-order valence-corrected chi connectivity index (χ2v) is 5.99. The summed E-state index contributed by atoms with van der Waals surface area (Å²) in [5.74, 6) is 0.908. The third kappa shape index (κ3) is 4.23. The molecular weight excluding hydrogens is 250 g/mol. The minimum Gasteiger partial charge on any atom is -0.399 e. The number of carbonyl (C=O) groups excluding carboxylic acids is 1. The van der Waals surface area contributed by atoms with Gasteiger partial charge in [-0.2, -0.15) is 0 Å². The number of piperazine rings is 1. The Bertz CT molecular complexity index is 434. The molecule has 110 valence electrons. The van der Waals surface area contributed by atoms with Crippen LogP contribution in [-0.2, 0) is 11.2 Å². The Balaban J connectivity index is 1.81. The summed E-state index contributed by atoms with van der Waals surface area (Å²) in [6.07, 6.45) is 0.477. The van der Waals surface area contributed by atoms with E-state index in [-0.39, 0.29) is 5.91 Å². The van der Waals surface area contributed by atoms with Crippen molar-refractivity contribution < 1.29 is 4.79 Å². The number of amides is 1. The first-order valence-corrected chi connectivity index (χ1v) is 7.39. The molecule has 0 unspecified atom stereocenters. The third-order valence-electron chi connectivity index (χ3n) is 3.68. The van der Waals surface area contributed by atoms with Crippen LogP contribution >= 0.6 is 0 Å². The highest BCUT2D eigenvalue weighted by molar-refractivity contribution is 5.79. The molecule has 2 N–H and O–H groups in total. The average molecular weight is 275 g/mol. The topological polar surface area (TPSA) is 49.6 Å². The number of hydrogen-bond acceptors (Lipinski definition) is 3. The molecule has 0 aliphatic carbocycles. The van der Waals surface area contributed by atoms with Crippen LogP contribution in [0.3, 0.4) is 0 Å². The summed E-state index contributed by atoms with van der Waals surface area (Å²) in [6.45, 7) is 9.27. The van der Waals surface area contributed by atoms with Crippen molar-refractivity contribution in [3.05, 3.63) is 29.8 Å². The predicted octanol–water partition coefficient (Wildman–Crippen LogP) is 1.61. The van der Waals surface area contributed by atoms with Crippen LogP contribution in [-0.4, -0.2) is 48.4 Å². The number of nitrogens with zero attached hydrogens (tertiary/aromatic N) is 2. The van der Waals surface area contributed by atoms with Crippen molar-refractivity contribution >= 4 is 11.6 Å². The van der Waals surface area contributed by atoms with Crippen molar-refractivity contribution in [1.82, 2.24) is 9.80 Å². The van der Waals surface area contributed by atoms with E-state index in [1.807, 2.05) is 29.2 Å². The average Bonchev–Trinajstić information content (AvgIpc) is 2.41. The van der Waals surface area contributed by atoms with Gasteiger partial charge in [0.05, 0.1) is 6.42 Å². The van der Waals surface area contributed by atoms with Gasteiger partial charge >= 0.3 is 0 Å². The van der Waals surface area contributed by atoms with E-state index in [9.17, 15) is 4.79 Å². The summed E-state index contributed by atoms with van der Waals surface area (Å²) in [5, 5.41) is 0. The molecule has 2 rings (SSSR count). The number of nitrogen functional groups attached to an aromatic ring is 1. The van der Waals surface area contributed by atoms with Gasteiger partial charge in [-0.3, -0.25) is 9.69 Å². The van der Waals surface area contributed by atoms with Crippen LogP contribution in [0.5, 0.6) is 0 Å². The molecule has 20 heavy (non-hydrogen) atoms. The molecule has 4 heteroatoms. The van der Waals surface area contributed by atoms with Gasteiger partial charge in [0.25, 0.3) is 0 Å². The molecular formula is C16H25N3O. The van der Waals surface area contributed by atoms with Gasteiger partial charge in [0.15, 0.2) is 0 Å². The largest absolute Gasteiger partial charge is 0.399 e. The van der Waals surface area contributed by atoms with Crippen molar-refractivity contribution in [2.45, 2.75) is 20.3 Å². The Morgan fingerprint density at radius 2 is 1.75 bits per heavy atom. The number of hydrogen-bond donors (Lipinski definition) is 1. The number of rotatable bonds is 4. The van der Waals surface area contributed by atoms with E-state index in [1.165, 1.54) is 0 Å². The summed E-state index contributed by atoms with van der Waals surface area (Å²) in [5.41, 5.74) is 7.43. The van der Waals surface area contributed by atoms with Gasteiger partial charge in [-0.15, -0.1) is 0 Å². The molecule has 1 heterocycles. The van der Waals surface area contributed by atoms with E-state index in [4.69, 9.17) is 5.73 Å². The van der Waals surface area contributed by atoms with Gasteiger partial charge in [-0.1, -0.05) is 26.0 Å². The maximum absolute atomic E-state index is 12.3. The Morgan fingerprint density at radius 3 is 2.30 bits per heavy atom. The van der Waals surface area contributed by atoms with Crippen molar-refractivity contribution in [1.29, 1.82) is 0 Å². The highest BCUT2D eigenvalue weighted by Gasteiger charge is 2.21. The fraction of sp³-hybridized carbons (Fsp3) is 0.562. The van der Waals surface area contributed by atoms with Crippen LogP contribution in [0.4, 0.5) is 5.69 Å². The van der Waals surface area contributed by atoms with E-state index in [0.29, 0.717) is 12.3 Å². The molecule has 1 aliphatic heterocycles. The maximum Gasteiger partial charge on any atom is 0.227 e. The summed E-state index contributed by atoms with van der Waals surface area (Å²) in [6, 6.07) is 7.57. The van der Waals surface area contributed by atoms with Crippen LogP contribution < -0.4 is 5.73 Å². The first kappa shape index (κ1) is 14.9. The van der Waals surface area contributed by atoms with Crippen LogP contribution in [0.2, 0.25) is 0 Å². The fourth-order valence-corrected chi connectivity index (χ4v) is 2.62. The van der Waals surface area contributed by atoms with Crippen LogP contribution in [0.1, 0.15) is 19.4 Å². The molecule has 1 aromatic rings. The van der Waals surface area contributed by atoms with Crippen LogP contribution in [0, 0.1) is 5.92 Å². The first-order chi connectivity index (χ1) is 9.54. The zero-order chi connectivity index (χ0) is 14.5. The number of nitrogens with two attached hydrogens (primary N) is 1. The molecule has 1 fully saturated rings. The summed E-state index contributed by atoms with van der Waals surface area (Å²) in [7, 11) is 0. The van der Waals surface area contributed by atoms with Crippen LogP contribution in [0.25, 0.3) is 0 Å². The molecule has 0 atom stereocenters. The second kappa shape index (κ2) is 6.75. The molecule has 0 saturated carbocycles. The number of benzene rings is 1. The lowest BCUT2D eigenvalue weighted by Gasteiger charge is -2.35. The first-order valence-electron chi connectivity index (χ1n) is 7.39. The molecule has 0 aromatic heterocycles. The van der Waals surface area contributed by atoms with Gasteiger partial charge in [-0.05, 0) is 23.6 Å². The van der Waals surface area contributed by atoms with Crippen molar-refractivity contribution in [2.24, 2.45) is 5.92 Å². The quantitative estimate of drug-likeness (QED) is 0.849. The Kier molecular flexibility index (Phi) is 5.01. The number of anilines is 1. The lowest BCUT2D eigenvalue weighted by atomic mass is 10.1. The smallest absolute Gasteiger partial charge is 0.227 e. The van der Waals surface area contributed by atoms with E-state index in [2.05, 4.69) is 18.7 Å². The Hall–Kier alpha value is -1.55. The van der Waals surface area contributed by atoms with Crippen molar-refractivity contribution in [3.63, 3.8) is 0 Å². The molecule has 4 nitrogen and oxygen atoms in total. The minimum atomic E-state index is 0.221. The molecule has 0 radical (unpaired) electrons. The summed E-state index contributed by atoms with van der Waals surface area (Å²) in [4.78, 5) is 16.7. The fourth-order valence-electron chi connectivity index (χ4n) is 2.62. The Labute approximate surface area is 121 Å². The molecule has 0 spiro atoms. The second-order valence-electron chi connectivity index (χ2n) is 5.99. The van der Waals surface area contributed by atoms with Gasteiger partial charge in [-0.25, -0.2) is 0 Å². The monoisotopic (exact) mass is 275 g/mol. The van der Waals surface area contributed by atoms with Crippen molar-refractivity contribution in [2.75, 3.05) is 38.5 Å². The normalized spacial score (nSPS) is 16.6. The minimum absolute atomic E-state index is 0.221. The van der Waals surface area contributed by atoms with E-state index >= 15 is 0 Å². The lowest BCUT2D eigenvalue weighted by Crippen LogP contribution is -2.49. The zero-order valence-electron chi connectivity index (χ0n) is 12.5. The zero-order valence-corrected chi connectivity index (χ0v) is 12.5. The lowest BCUT2D eigenvalue weighted by molar-refractivity contribution is -0.132. The van der Waals surface area contributed by atoms with Gasteiger partial charge in [0.2, 0.25) is 5.91 Å². The third-order valence-corrected chi connectivity index (χ3v) is 3.68. The molecule has 0 bridgehead atoms. The highest BCUT2D eigenvalue weighted by Crippen LogP contribution is 2.10. The molecule has 1 aromatic carbocycles. The van der Waals surface area contributed by atoms with E-state index in [1.54, 1.807) is 0 Å². The van der Waals surface area contributed by atoms with Gasteiger partial charge in [0.1, 0.15) is 0 Å². The van der Waals surface area contributed by atoms with Crippen LogP contribution in [0.15, 0.2) is 24.3 Å². The standard InChI is InChI=1S/C16H25N3O/c1-13(2)12-18-7-9-19(10-8-18)16(20)11-14-3-5-15(17)6-4-14/h3-6,13H,7-12,17H2,1-2H3. The SMILES string of the molecule is CC(C)CN1CCN(C(=O)Cc2ccc(N)cc2)CC1. The molecule has 1 amide bonds. The maximum atomic E-state index is 12.3. The van der Waals surface area contributed by atoms with E-state index in [0.717, 1.165) is 44.0 Å². The highest BCUT2D eigenvalue weighted by atomic mass is 16.2. The van der Waals surface area contributed by atoms with Gasteiger partial charge in [0, 0.05) is 38.4 Å². The number of carbonyl (C=O) groups is 1. The van der Waals surface area contributed by atoms with E-state index < -0.39 is 0 Å². The van der Waals surface area contributed by atoms with Gasteiger partial charge < -0.3 is 10.6 Å². The predicted molar refractivity (Wildman–Crippen MR) is 82.4 cm³/mol. The molecule has 1 aliphatic rings. The summed E-state index contributed by atoms with van der Waals surface area (Å²) < 4.78 is 0. The van der Waals surface area contributed by atoms with Crippen molar-refractivity contribution in [3.8, 4) is 0 Å². The summed E-state index contributed by atoms with van der Waals surface area (Å²) >= 11 is 0. The molecule has 1 saturated heterocycles.